The van der Waals surface area contributed by atoms with Crippen molar-refractivity contribution in [3.8, 4) is 39.7 Å². The molecule has 168 valence electrons. The summed E-state index contributed by atoms with van der Waals surface area (Å²) in [7, 11) is 5.91. The minimum absolute atomic E-state index is 0.572. The Morgan fingerprint density at radius 1 is 0.848 bits per heavy atom. The molecule has 0 amide bonds. The molecule has 0 aliphatic carbocycles. The van der Waals surface area contributed by atoms with Crippen molar-refractivity contribution in [2.75, 3.05) is 39.6 Å². The van der Waals surface area contributed by atoms with E-state index in [1.807, 2.05) is 82.9 Å². The third kappa shape index (κ3) is 5.70. The van der Waals surface area contributed by atoms with E-state index in [2.05, 4.69) is 37.3 Å². The minimum atomic E-state index is 0.572. The van der Waals surface area contributed by atoms with Gasteiger partial charge in [0.2, 0.25) is 0 Å². The molecule has 1 aromatic carbocycles. The molecule has 0 aliphatic heterocycles. The van der Waals surface area contributed by atoms with Crippen molar-refractivity contribution < 1.29 is 4.74 Å². The van der Waals surface area contributed by atoms with Crippen LogP contribution in [0.25, 0.3) is 33.9 Å². The predicted molar refractivity (Wildman–Crippen MR) is 132 cm³/mol. The van der Waals surface area contributed by atoms with Gasteiger partial charge in [0.1, 0.15) is 23.9 Å². The molecule has 0 saturated heterocycles. The molecule has 3 heterocycles. The molecule has 0 spiro atoms. The Balaban J connectivity index is 1.66. The number of hydrogen-bond acceptors (Lipinski definition) is 7. The lowest BCUT2D eigenvalue weighted by atomic mass is 10.0. The minimum Gasteiger partial charge on any atom is -0.492 e. The number of aromatic nitrogens is 4. The highest BCUT2D eigenvalue weighted by Gasteiger charge is 2.11. The molecule has 7 heteroatoms. The predicted octanol–water partition coefficient (Wildman–Crippen LogP) is 4.56. The molecule has 0 saturated carbocycles. The van der Waals surface area contributed by atoms with Crippen molar-refractivity contribution in [1.82, 2.24) is 24.8 Å². The lowest BCUT2D eigenvalue weighted by molar-refractivity contribution is 0.261. The van der Waals surface area contributed by atoms with Gasteiger partial charge in [-0.15, -0.1) is 0 Å². The van der Waals surface area contributed by atoms with Gasteiger partial charge >= 0.3 is 0 Å². The van der Waals surface area contributed by atoms with Crippen LogP contribution < -0.4 is 10.1 Å². The van der Waals surface area contributed by atoms with Gasteiger partial charge in [0.25, 0.3) is 0 Å². The maximum Gasteiger partial charge on any atom is 0.180 e. The Labute approximate surface area is 194 Å². The summed E-state index contributed by atoms with van der Waals surface area (Å²) in [6.07, 6.45) is 3.67. The van der Waals surface area contributed by atoms with E-state index in [0.29, 0.717) is 12.4 Å². The Kier molecular flexibility index (Phi) is 6.90. The molecular weight excluding hydrogens is 412 g/mol. The van der Waals surface area contributed by atoms with Crippen LogP contribution >= 0.6 is 0 Å². The second-order valence-corrected chi connectivity index (χ2v) is 8.02. The molecule has 1 N–H and O–H groups in total. The van der Waals surface area contributed by atoms with Crippen LogP contribution in [0, 0.1) is 6.92 Å². The summed E-state index contributed by atoms with van der Waals surface area (Å²) in [5, 5.41) is 3.12. The van der Waals surface area contributed by atoms with Crippen LogP contribution in [-0.2, 0) is 0 Å². The zero-order valence-electron chi connectivity index (χ0n) is 19.4. The van der Waals surface area contributed by atoms with Crippen LogP contribution in [0.4, 0.5) is 5.82 Å². The van der Waals surface area contributed by atoms with Gasteiger partial charge in [0, 0.05) is 48.9 Å². The van der Waals surface area contributed by atoms with E-state index < -0.39 is 0 Å². The number of aryl methyl sites for hydroxylation is 1. The van der Waals surface area contributed by atoms with Crippen LogP contribution in [-0.4, -0.2) is 59.1 Å². The maximum absolute atomic E-state index is 5.90. The zero-order valence-corrected chi connectivity index (χ0v) is 19.4. The van der Waals surface area contributed by atoms with Crippen molar-refractivity contribution in [2.24, 2.45) is 0 Å². The molecule has 0 radical (unpaired) electrons. The zero-order chi connectivity index (χ0) is 23.2. The van der Waals surface area contributed by atoms with E-state index in [0.717, 1.165) is 51.9 Å². The molecule has 7 nitrogen and oxygen atoms in total. The molecule has 0 unspecified atom stereocenters. The van der Waals surface area contributed by atoms with Gasteiger partial charge in [-0.1, -0.05) is 18.2 Å². The number of pyridine rings is 2. The number of rotatable bonds is 8. The van der Waals surface area contributed by atoms with Crippen molar-refractivity contribution in [2.45, 2.75) is 6.92 Å². The number of nitrogens with zero attached hydrogens (tertiary/aromatic N) is 5. The second kappa shape index (κ2) is 10.2. The third-order valence-corrected chi connectivity index (χ3v) is 5.11. The number of benzene rings is 1. The lowest BCUT2D eigenvalue weighted by Crippen LogP contribution is -2.19. The molecule has 0 atom stereocenters. The summed E-state index contributed by atoms with van der Waals surface area (Å²) in [6, 6.07) is 17.9. The molecule has 4 aromatic rings. The monoisotopic (exact) mass is 440 g/mol. The fraction of sp³-hybridized carbons (Fsp3) is 0.231. The molecule has 3 aromatic heterocycles. The van der Waals surface area contributed by atoms with Crippen molar-refractivity contribution in [3.63, 3.8) is 0 Å². The van der Waals surface area contributed by atoms with E-state index in [4.69, 9.17) is 9.72 Å². The first-order chi connectivity index (χ1) is 16.0. The van der Waals surface area contributed by atoms with Gasteiger partial charge in [-0.05, 0) is 56.9 Å². The number of likely N-dealkylation sites (N-methyl/N-ethyl adjacent to an activating group) is 1. The SMILES string of the molecule is CNc1cc(-c2cncc(-c3cccc(OCCN(C)C)c3)c2)nc(-c2cccc(C)n2)n1. The van der Waals surface area contributed by atoms with Gasteiger partial charge in [0.05, 0.1) is 5.69 Å². The highest BCUT2D eigenvalue weighted by atomic mass is 16.5. The Hall–Kier alpha value is -3.84. The number of nitrogens with one attached hydrogen (secondary N) is 1. The molecule has 33 heavy (non-hydrogen) atoms. The summed E-state index contributed by atoms with van der Waals surface area (Å²) in [5.41, 5.74) is 5.36. The Bertz CT molecular complexity index is 1240. The van der Waals surface area contributed by atoms with Crippen LogP contribution in [0.3, 0.4) is 0 Å². The first-order valence-electron chi connectivity index (χ1n) is 10.9. The van der Waals surface area contributed by atoms with E-state index >= 15 is 0 Å². The molecule has 0 aliphatic rings. The maximum atomic E-state index is 5.90. The summed E-state index contributed by atoms with van der Waals surface area (Å²) in [5.74, 6) is 2.13. The smallest absolute Gasteiger partial charge is 0.180 e. The highest BCUT2D eigenvalue weighted by molar-refractivity contribution is 5.73. The first-order valence-corrected chi connectivity index (χ1v) is 10.9. The van der Waals surface area contributed by atoms with E-state index in [1.165, 1.54) is 0 Å². The quantitative estimate of drug-likeness (QED) is 0.430. The summed E-state index contributed by atoms with van der Waals surface area (Å²) in [4.78, 5) is 20.5. The van der Waals surface area contributed by atoms with Gasteiger partial charge in [-0.3, -0.25) is 4.98 Å². The van der Waals surface area contributed by atoms with Crippen LogP contribution in [0.1, 0.15) is 5.69 Å². The largest absolute Gasteiger partial charge is 0.492 e. The van der Waals surface area contributed by atoms with Crippen molar-refractivity contribution in [1.29, 1.82) is 0 Å². The van der Waals surface area contributed by atoms with Gasteiger partial charge in [-0.25, -0.2) is 15.0 Å². The molecule has 4 rings (SSSR count). The third-order valence-electron chi connectivity index (χ3n) is 5.11. The topological polar surface area (TPSA) is 76.1 Å². The first kappa shape index (κ1) is 22.4. The highest BCUT2D eigenvalue weighted by Crippen LogP contribution is 2.29. The summed E-state index contributed by atoms with van der Waals surface area (Å²) in [6.45, 7) is 3.46. The Morgan fingerprint density at radius 2 is 1.67 bits per heavy atom. The Morgan fingerprint density at radius 3 is 2.45 bits per heavy atom. The second-order valence-electron chi connectivity index (χ2n) is 8.02. The fourth-order valence-electron chi connectivity index (χ4n) is 3.35. The fourth-order valence-corrected chi connectivity index (χ4v) is 3.35. The van der Waals surface area contributed by atoms with Crippen LogP contribution in [0.15, 0.2) is 67.0 Å². The molecular formula is C26H28N6O. The van der Waals surface area contributed by atoms with Gasteiger partial charge in [-0.2, -0.15) is 0 Å². The number of anilines is 1. The van der Waals surface area contributed by atoms with E-state index in [9.17, 15) is 0 Å². The number of hydrogen-bond donors (Lipinski definition) is 1. The summed E-state index contributed by atoms with van der Waals surface area (Å²) < 4.78 is 5.90. The average Bonchev–Trinajstić information content (AvgIpc) is 2.84. The number of ether oxygens (including phenoxy) is 1. The van der Waals surface area contributed by atoms with Crippen molar-refractivity contribution >= 4 is 5.82 Å². The van der Waals surface area contributed by atoms with Crippen molar-refractivity contribution in [3.05, 3.63) is 72.7 Å². The average molecular weight is 441 g/mol. The standard InChI is InChI=1S/C26H28N6O/c1-18-7-5-10-23(29-18)26-30-24(15-25(27-2)31-26)21-13-20(16-28-17-21)19-8-6-9-22(14-19)33-12-11-32(3)4/h5-10,13-17H,11-12H2,1-4H3,(H,27,30,31). The van der Waals surface area contributed by atoms with E-state index in [-0.39, 0.29) is 0 Å². The normalized spacial score (nSPS) is 10.9. The van der Waals surface area contributed by atoms with E-state index in [1.54, 1.807) is 0 Å². The molecule has 0 fully saturated rings. The van der Waals surface area contributed by atoms with Crippen LogP contribution in [0.5, 0.6) is 5.75 Å². The molecule has 0 bridgehead atoms. The lowest BCUT2D eigenvalue weighted by Gasteiger charge is -2.12. The summed E-state index contributed by atoms with van der Waals surface area (Å²) >= 11 is 0. The van der Waals surface area contributed by atoms with Gasteiger partial charge < -0.3 is 15.0 Å². The van der Waals surface area contributed by atoms with Gasteiger partial charge in [0.15, 0.2) is 5.82 Å². The van der Waals surface area contributed by atoms with Crippen LogP contribution in [0.2, 0.25) is 0 Å².